The number of aromatic nitrogens is 2. The molecule has 3 nitrogen and oxygen atoms in total. The zero-order valence-corrected chi connectivity index (χ0v) is 14.7. The maximum atomic E-state index is 4.61. The van der Waals surface area contributed by atoms with Gasteiger partial charge in [-0.05, 0) is 63.5 Å². The highest BCUT2D eigenvalue weighted by atomic mass is 15.3. The molecule has 21 heavy (non-hydrogen) atoms. The molecule has 0 bridgehead atoms. The van der Waals surface area contributed by atoms with Gasteiger partial charge in [0.05, 0.1) is 5.69 Å². The predicted molar refractivity (Wildman–Crippen MR) is 89.5 cm³/mol. The summed E-state index contributed by atoms with van der Waals surface area (Å²) < 4.78 is 2.18. The summed E-state index contributed by atoms with van der Waals surface area (Å²) in [4.78, 5) is 0. The highest BCUT2D eigenvalue weighted by Gasteiger charge is 2.38. The topological polar surface area (TPSA) is 29.9 Å². The quantitative estimate of drug-likeness (QED) is 0.894. The third-order valence-corrected chi connectivity index (χ3v) is 5.41. The lowest BCUT2D eigenvalue weighted by atomic mass is 9.64. The van der Waals surface area contributed by atoms with Gasteiger partial charge in [-0.2, -0.15) is 5.10 Å². The molecule has 3 unspecified atom stereocenters. The molecular weight excluding hydrogens is 258 g/mol. The van der Waals surface area contributed by atoms with Crippen molar-refractivity contribution in [1.29, 1.82) is 0 Å². The average Bonchev–Trinajstić information content (AvgIpc) is 2.77. The minimum Gasteiger partial charge on any atom is -0.317 e. The molecule has 0 amide bonds. The molecule has 0 saturated heterocycles. The largest absolute Gasteiger partial charge is 0.317 e. The van der Waals surface area contributed by atoms with E-state index >= 15 is 0 Å². The fourth-order valence-corrected chi connectivity index (χ4v) is 4.25. The summed E-state index contributed by atoms with van der Waals surface area (Å²) in [5.74, 6) is 1.61. The van der Waals surface area contributed by atoms with Gasteiger partial charge in [0.1, 0.15) is 0 Å². The Morgan fingerprint density at radius 1 is 1.38 bits per heavy atom. The first-order chi connectivity index (χ1) is 9.87. The van der Waals surface area contributed by atoms with Crippen LogP contribution < -0.4 is 5.32 Å². The van der Waals surface area contributed by atoms with Crippen molar-refractivity contribution < 1.29 is 0 Å². The van der Waals surface area contributed by atoms with Crippen molar-refractivity contribution in [3.8, 4) is 0 Å². The number of hydrogen-bond acceptors (Lipinski definition) is 2. The molecule has 1 heterocycles. The Balaban J connectivity index is 2.16. The lowest BCUT2D eigenvalue weighted by molar-refractivity contribution is 0.0962. The van der Waals surface area contributed by atoms with Crippen molar-refractivity contribution in [2.75, 3.05) is 7.05 Å². The summed E-state index contributed by atoms with van der Waals surface area (Å²) in [6, 6.07) is 2.92. The number of hydrogen-bond donors (Lipinski definition) is 1. The van der Waals surface area contributed by atoms with Crippen LogP contribution in [0.2, 0.25) is 0 Å². The number of nitrogens with zero attached hydrogens (tertiary/aromatic N) is 2. The minimum absolute atomic E-state index is 0.313. The second-order valence-corrected chi connectivity index (χ2v) is 7.68. The van der Waals surface area contributed by atoms with Gasteiger partial charge < -0.3 is 5.32 Å². The van der Waals surface area contributed by atoms with Gasteiger partial charge in [0.15, 0.2) is 0 Å². The molecule has 0 aromatic carbocycles. The van der Waals surface area contributed by atoms with E-state index in [2.05, 4.69) is 62.8 Å². The van der Waals surface area contributed by atoms with Crippen LogP contribution >= 0.6 is 0 Å². The van der Waals surface area contributed by atoms with E-state index in [4.69, 9.17) is 0 Å². The molecule has 1 fully saturated rings. The molecule has 2 rings (SSSR count). The molecule has 1 N–H and O–H groups in total. The van der Waals surface area contributed by atoms with Gasteiger partial charge in [0.2, 0.25) is 0 Å². The Hall–Kier alpha value is -0.830. The van der Waals surface area contributed by atoms with Crippen LogP contribution in [0.3, 0.4) is 0 Å². The molecule has 1 aromatic rings. The van der Waals surface area contributed by atoms with Crippen molar-refractivity contribution in [3.63, 3.8) is 0 Å². The highest BCUT2D eigenvalue weighted by molar-refractivity contribution is 5.12. The summed E-state index contributed by atoms with van der Waals surface area (Å²) in [5.41, 5.74) is 2.85. The van der Waals surface area contributed by atoms with E-state index in [0.717, 1.165) is 30.5 Å². The SMILES string of the molecule is CCn1nc(C)cc1CC(C)(C)C1CCC(C)CC1NC. The van der Waals surface area contributed by atoms with Gasteiger partial charge in [-0.15, -0.1) is 0 Å². The summed E-state index contributed by atoms with van der Waals surface area (Å²) in [7, 11) is 2.13. The monoisotopic (exact) mass is 291 g/mol. The van der Waals surface area contributed by atoms with E-state index in [-0.39, 0.29) is 0 Å². The molecule has 1 saturated carbocycles. The third kappa shape index (κ3) is 3.68. The Morgan fingerprint density at radius 3 is 2.71 bits per heavy atom. The molecule has 0 aliphatic heterocycles. The van der Waals surface area contributed by atoms with Crippen molar-refractivity contribution in [1.82, 2.24) is 15.1 Å². The van der Waals surface area contributed by atoms with Crippen LogP contribution in [0.5, 0.6) is 0 Å². The van der Waals surface area contributed by atoms with Crippen LogP contribution in [0.4, 0.5) is 0 Å². The molecule has 1 aliphatic rings. The van der Waals surface area contributed by atoms with Crippen LogP contribution in [-0.2, 0) is 13.0 Å². The maximum absolute atomic E-state index is 4.61. The van der Waals surface area contributed by atoms with E-state index in [1.54, 1.807) is 0 Å². The van der Waals surface area contributed by atoms with Gasteiger partial charge >= 0.3 is 0 Å². The van der Waals surface area contributed by atoms with Gasteiger partial charge in [-0.25, -0.2) is 0 Å². The Morgan fingerprint density at radius 2 is 2.10 bits per heavy atom. The van der Waals surface area contributed by atoms with Crippen LogP contribution in [0.15, 0.2) is 6.07 Å². The van der Waals surface area contributed by atoms with Gasteiger partial charge in [0.25, 0.3) is 0 Å². The number of nitrogens with one attached hydrogen (secondary N) is 1. The molecule has 1 aliphatic carbocycles. The highest BCUT2D eigenvalue weighted by Crippen LogP contribution is 2.42. The molecule has 0 radical (unpaired) electrons. The second kappa shape index (κ2) is 6.51. The van der Waals surface area contributed by atoms with Crippen LogP contribution in [-0.4, -0.2) is 22.9 Å². The zero-order chi connectivity index (χ0) is 15.6. The molecule has 1 aromatic heterocycles. The zero-order valence-electron chi connectivity index (χ0n) is 14.7. The molecule has 3 heteroatoms. The average molecular weight is 291 g/mol. The predicted octanol–water partition coefficient (Wildman–Crippen LogP) is 3.80. The Labute approximate surface area is 130 Å². The second-order valence-electron chi connectivity index (χ2n) is 7.68. The summed E-state index contributed by atoms with van der Waals surface area (Å²) in [6.45, 7) is 12.5. The van der Waals surface area contributed by atoms with Crippen molar-refractivity contribution in [2.45, 2.75) is 72.9 Å². The summed E-state index contributed by atoms with van der Waals surface area (Å²) in [5, 5.41) is 8.20. The molecular formula is C18H33N3. The smallest absolute Gasteiger partial charge is 0.0596 e. The first-order valence-corrected chi connectivity index (χ1v) is 8.58. The standard InChI is InChI=1S/C18H33N3/c1-7-21-15(11-14(3)20-21)12-18(4,5)16-9-8-13(2)10-17(16)19-6/h11,13,16-17,19H,7-10,12H2,1-6H3. The van der Waals surface area contributed by atoms with Crippen molar-refractivity contribution in [3.05, 3.63) is 17.5 Å². The van der Waals surface area contributed by atoms with Gasteiger partial charge in [-0.1, -0.05) is 27.2 Å². The first-order valence-electron chi connectivity index (χ1n) is 8.58. The number of rotatable bonds is 5. The molecule has 0 spiro atoms. The Kier molecular flexibility index (Phi) is 5.13. The normalized spacial score (nSPS) is 27.0. The fourth-order valence-electron chi connectivity index (χ4n) is 4.25. The van der Waals surface area contributed by atoms with E-state index in [0.29, 0.717) is 11.5 Å². The molecule has 120 valence electrons. The van der Waals surface area contributed by atoms with Crippen LogP contribution in [0.25, 0.3) is 0 Å². The number of aryl methyl sites for hydroxylation is 2. The fraction of sp³-hybridized carbons (Fsp3) is 0.833. The van der Waals surface area contributed by atoms with Gasteiger partial charge in [-0.3, -0.25) is 4.68 Å². The maximum Gasteiger partial charge on any atom is 0.0596 e. The van der Waals surface area contributed by atoms with Crippen molar-refractivity contribution in [2.24, 2.45) is 17.3 Å². The van der Waals surface area contributed by atoms with Crippen LogP contribution in [0.1, 0.15) is 58.3 Å². The minimum atomic E-state index is 0.313. The lowest BCUT2D eigenvalue weighted by Crippen LogP contribution is -2.46. The van der Waals surface area contributed by atoms with Crippen molar-refractivity contribution >= 4 is 0 Å². The van der Waals surface area contributed by atoms with E-state index in [9.17, 15) is 0 Å². The van der Waals surface area contributed by atoms with Crippen LogP contribution in [0, 0.1) is 24.2 Å². The Bertz CT molecular complexity index is 461. The third-order valence-electron chi connectivity index (χ3n) is 5.41. The summed E-state index contributed by atoms with van der Waals surface area (Å²) in [6.07, 6.45) is 5.16. The molecule has 3 atom stereocenters. The lowest BCUT2D eigenvalue weighted by Gasteiger charge is -2.44. The van der Waals surface area contributed by atoms with E-state index < -0.39 is 0 Å². The van der Waals surface area contributed by atoms with Gasteiger partial charge in [0, 0.05) is 18.3 Å². The van der Waals surface area contributed by atoms with E-state index in [1.807, 2.05) is 0 Å². The van der Waals surface area contributed by atoms with E-state index in [1.165, 1.54) is 25.0 Å². The summed E-state index contributed by atoms with van der Waals surface area (Å²) >= 11 is 0. The first kappa shape index (κ1) is 16.5.